The zero-order valence-electron chi connectivity index (χ0n) is 37.1. The lowest BCUT2D eigenvalue weighted by atomic mass is 9.32. The summed E-state index contributed by atoms with van der Waals surface area (Å²) >= 11 is 0. The summed E-state index contributed by atoms with van der Waals surface area (Å²) in [6.07, 6.45) is 6.70. The number of allylic oxidation sites excluding steroid dienone is 1. The van der Waals surface area contributed by atoms with Crippen molar-refractivity contribution in [3.05, 3.63) is 12.2 Å². The average Bonchev–Trinajstić information content (AvgIpc) is 3.65. The molecule has 15 heteroatoms. The van der Waals surface area contributed by atoms with Crippen molar-refractivity contribution in [3.63, 3.8) is 0 Å². The molecule has 1 unspecified atom stereocenters. The lowest BCUT2D eigenvalue weighted by Gasteiger charge is -2.73. The molecule has 0 amide bonds. The van der Waals surface area contributed by atoms with Gasteiger partial charge >= 0.3 is 35.8 Å². The molecule has 5 saturated carbocycles. The van der Waals surface area contributed by atoms with Crippen LogP contribution in [0.3, 0.4) is 0 Å². The minimum atomic E-state index is -1.26. The Bertz CT molecular complexity index is 1990. The topological polar surface area (TPSA) is 218 Å². The van der Waals surface area contributed by atoms with Gasteiger partial charge in [-0.15, -0.1) is 0 Å². The number of esters is 6. The van der Waals surface area contributed by atoms with Gasteiger partial charge in [-0.25, -0.2) is 28.8 Å². The van der Waals surface area contributed by atoms with Gasteiger partial charge in [0, 0.05) is 10.8 Å². The first-order valence-electron chi connectivity index (χ1n) is 21.8. The van der Waals surface area contributed by atoms with Gasteiger partial charge in [-0.05, 0) is 117 Å². The van der Waals surface area contributed by atoms with Crippen molar-refractivity contribution >= 4 is 35.8 Å². The average molecular weight is 879 g/mol. The number of hydrogen-bond donors (Lipinski definition) is 3. The Balaban J connectivity index is 1.41. The van der Waals surface area contributed by atoms with Crippen molar-refractivity contribution in [3.8, 4) is 35.5 Å². The first-order chi connectivity index (χ1) is 29.9. The number of ether oxygens (including phenoxy) is 6. The van der Waals surface area contributed by atoms with Gasteiger partial charge in [0.05, 0.1) is 6.61 Å². The standard InChI is InChI=1S/C48H62O15/c1-31(2)32-15-20-48(30-62-41(55)39(53)59-27-11-8-24-50)22-21-46(5)33(37(32)48)13-14-35-44(3)18-17-36(63-43(57)42(56)60-28-12-9-25-51)45(4,34(44)16-19-47(35,46)6)29-61-40(54)38(52)58-26-10-7-23-49/h32-37,49-51H,1,13-30H2,2-6H3/t32-,33-,34+,35+,36-,37?,44-,45-,46+,47+,48+/m0/s1. The van der Waals surface area contributed by atoms with Gasteiger partial charge in [-0.2, -0.15) is 0 Å². The van der Waals surface area contributed by atoms with E-state index in [-0.39, 0.29) is 71.1 Å². The van der Waals surface area contributed by atoms with Gasteiger partial charge < -0.3 is 43.7 Å². The van der Waals surface area contributed by atoms with Crippen LogP contribution in [0, 0.1) is 92.2 Å². The molecule has 15 nitrogen and oxygen atoms in total. The normalized spacial score (nSPS) is 34.6. The van der Waals surface area contributed by atoms with Gasteiger partial charge in [0.25, 0.3) is 0 Å². The fraction of sp³-hybridized carbons (Fsp3) is 0.708. The van der Waals surface area contributed by atoms with Crippen molar-refractivity contribution in [2.75, 3.05) is 52.9 Å². The molecule has 11 atom stereocenters. The van der Waals surface area contributed by atoms with Crippen molar-refractivity contribution in [2.24, 2.45) is 56.7 Å². The van der Waals surface area contributed by atoms with Gasteiger partial charge in [-0.3, -0.25) is 0 Å². The summed E-state index contributed by atoms with van der Waals surface area (Å²) in [4.78, 5) is 76.9. The third-order valence-corrected chi connectivity index (χ3v) is 16.2. The Morgan fingerprint density at radius 1 is 0.556 bits per heavy atom. The Morgan fingerprint density at radius 2 is 1.08 bits per heavy atom. The van der Waals surface area contributed by atoms with E-state index in [4.69, 9.17) is 43.7 Å². The van der Waals surface area contributed by atoms with Crippen LogP contribution in [0.4, 0.5) is 0 Å². The molecule has 0 aromatic heterocycles. The molecule has 0 bridgehead atoms. The molecule has 0 aliphatic heterocycles. The van der Waals surface area contributed by atoms with Gasteiger partial charge in [0.2, 0.25) is 0 Å². The highest BCUT2D eigenvalue weighted by Gasteiger charge is 2.72. The summed E-state index contributed by atoms with van der Waals surface area (Å²) < 4.78 is 32.1. The molecule has 5 rings (SSSR count). The van der Waals surface area contributed by atoms with Crippen LogP contribution in [0.2, 0.25) is 0 Å². The molecule has 0 heterocycles. The van der Waals surface area contributed by atoms with Gasteiger partial charge in [0.15, 0.2) is 19.8 Å². The number of rotatable bonds is 9. The number of hydrogen-bond acceptors (Lipinski definition) is 15. The molecular weight excluding hydrogens is 817 g/mol. The molecule has 0 aromatic rings. The van der Waals surface area contributed by atoms with E-state index in [0.717, 1.165) is 50.5 Å². The van der Waals surface area contributed by atoms with Crippen molar-refractivity contribution < 1.29 is 72.5 Å². The number of carbonyl (C=O) groups excluding carboxylic acids is 6. The SMILES string of the molecule is C=C(C)[C@@H]1CC[C@]2(COC(=O)C(=O)OCC#CCO)CC[C@]3(C)[C@@H](CC[C@@H]4[C@@]5(C)CC[C@H](OC(=O)C(=O)OCC#CCO)[C@@](C)(COC(=O)C(=O)OCC#CCO)[C@@H]5CC[C@]43C)C12. The van der Waals surface area contributed by atoms with Gasteiger partial charge in [-0.1, -0.05) is 75.4 Å². The predicted octanol–water partition coefficient (Wildman–Crippen LogP) is 3.24. The molecular formula is C48H62O15. The van der Waals surface area contributed by atoms with Gasteiger partial charge in [0.1, 0.15) is 32.5 Å². The fourth-order valence-electron chi connectivity index (χ4n) is 13.2. The van der Waals surface area contributed by atoms with Crippen LogP contribution in [0.5, 0.6) is 0 Å². The molecule has 5 aliphatic carbocycles. The largest absolute Gasteiger partial charge is 0.457 e. The Morgan fingerprint density at radius 3 is 1.62 bits per heavy atom. The van der Waals surface area contributed by atoms with E-state index in [9.17, 15) is 28.8 Å². The molecule has 3 N–H and O–H groups in total. The third-order valence-electron chi connectivity index (χ3n) is 16.2. The van der Waals surface area contributed by atoms with Crippen molar-refractivity contribution in [1.29, 1.82) is 0 Å². The Kier molecular flexibility index (Phi) is 15.8. The molecule has 0 aromatic carbocycles. The van der Waals surface area contributed by atoms with Crippen LogP contribution < -0.4 is 0 Å². The summed E-state index contributed by atoms with van der Waals surface area (Å²) in [5, 5.41) is 26.7. The maximum absolute atomic E-state index is 13.2. The minimum absolute atomic E-state index is 0.0919. The smallest absolute Gasteiger partial charge is 0.418 e. The number of carbonyl (C=O) groups is 6. The van der Waals surface area contributed by atoms with E-state index in [1.54, 1.807) is 0 Å². The summed E-state index contributed by atoms with van der Waals surface area (Å²) in [6.45, 7) is 12.8. The van der Waals surface area contributed by atoms with Crippen LogP contribution in [-0.2, 0) is 57.2 Å². The highest BCUT2D eigenvalue weighted by atomic mass is 16.6. The first kappa shape index (κ1) is 49.1. The zero-order chi connectivity index (χ0) is 46.2. The number of aliphatic hydroxyl groups excluding tert-OH is 3. The highest BCUT2D eigenvalue weighted by Crippen LogP contribution is 2.77. The summed E-state index contributed by atoms with van der Waals surface area (Å²) in [5.41, 5.74) is -1.01. The maximum atomic E-state index is 13.2. The summed E-state index contributed by atoms with van der Waals surface area (Å²) in [5.74, 6) is 7.75. The van der Waals surface area contributed by atoms with Crippen LogP contribution in [0.1, 0.15) is 98.8 Å². The van der Waals surface area contributed by atoms with Crippen molar-refractivity contribution in [1.82, 2.24) is 0 Å². The lowest BCUT2D eigenvalue weighted by Crippen LogP contribution is -2.68. The fourth-order valence-corrected chi connectivity index (χ4v) is 13.2. The number of fused-ring (bicyclic) bond motifs is 7. The molecule has 0 saturated heterocycles. The molecule has 344 valence electrons. The molecule has 63 heavy (non-hydrogen) atoms. The quantitative estimate of drug-likeness (QED) is 0.0996. The summed E-state index contributed by atoms with van der Waals surface area (Å²) in [7, 11) is 0. The molecule has 0 radical (unpaired) electrons. The van der Waals surface area contributed by atoms with E-state index in [1.165, 1.54) is 0 Å². The van der Waals surface area contributed by atoms with Crippen LogP contribution >= 0.6 is 0 Å². The maximum Gasteiger partial charge on any atom is 0.418 e. The third kappa shape index (κ3) is 9.65. The lowest BCUT2D eigenvalue weighted by molar-refractivity contribution is -0.259. The van der Waals surface area contributed by atoms with E-state index in [2.05, 4.69) is 69.8 Å². The van der Waals surface area contributed by atoms with Crippen molar-refractivity contribution in [2.45, 2.75) is 105 Å². The second-order valence-corrected chi connectivity index (χ2v) is 18.9. The first-order valence-corrected chi connectivity index (χ1v) is 21.8. The molecule has 0 spiro atoms. The monoisotopic (exact) mass is 878 g/mol. The van der Waals surface area contributed by atoms with Crippen LogP contribution in [0.25, 0.3) is 0 Å². The summed E-state index contributed by atoms with van der Waals surface area (Å²) in [6, 6.07) is 0. The van der Waals surface area contributed by atoms with E-state index in [0.29, 0.717) is 19.3 Å². The molecule has 5 aliphatic rings. The second kappa shape index (κ2) is 20.3. The predicted molar refractivity (Wildman–Crippen MR) is 223 cm³/mol. The molecule has 5 fully saturated rings. The Hall–Kier alpha value is -4.88. The highest BCUT2D eigenvalue weighted by molar-refractivity contribution is 6.30. The van der Waals surface area contributed by atoms with E-state index < -0.39 is 80.4 Å². The Labute approximate surface area is 369 Å². The minimum Gasteiger partial charge on any atom is -0.457 e. The second-order valence-electron chi connectivity index (χ2n) is 18.9. The van der Waals surface area contributed by atoms with E-state index >= 15 is 0 Å². The van der Waals surface area contributed by atoms with Crippen LogP contribution in [0.15, 0.2) is 12.2 Å². The zero-order valence-corrected chi connectivity index (χ0v) is 37.1. The number of aliphatic hydroxyl groups is 3. The van der Waals surface area contributed by atoms with Crippen LogP contribution in [-0.4, -0.2) is 110 Å². The van der Waals surface area contributed by atoms with E-state index in [1.807, 2.05) is 6.92 Å².